The Kier molecular flexibility index (Phi) is 2.42. The molecule has 0 aromatic carbocycles. The first-order valence-corrected chi connectivity index (χ1v) is 5.35. The van der Waals surface area contributed by atoms with Crippen molar-refractivity contribution in [3.63, 3.8) is 0 Å². The number of amides is 2. The first kappa shape index (κ1) is 8.85. The average Bonchev–Trinajstić information content (AvgIpc) is 2.58. The van der Waals surface area contributed by atoms with Gasteiger partial charge in [0.2, 0.25) is 0 Å². The van der Waals surface area contributed by atoms with Gasteiger partial charge in [0.25, 0.3) is 0 Å². The van der Waals surface area contributed by atoms with Crippen LogP contribution in [0.4, 0.5) is 4.79 Å². The molecular weight excluding hydrogens is 164 g/mol. The predicted molar refractivity (Wildman–Crippen MR) is 51.2 cm³/mol. The van der Waals surface area contributed by atoms with E-state index in [4.69, 9.17) is 5.73 Å². The Morgan fingerprint density at radius 1 is 1.08 bits per heavy atom. The van der Waals surface area contributed by atoms with Gasteiger partial charge in [0.05, 0.1) is 0 Å². The minimum absolute atomic E-state index is 0.350. The van der Waals surface area contributed by atoms with Crippen LogP contribution in [0.15, 0.2) is 0 Å². The van der Waals surface area contributed by atoms with Gasteiger partial charge in [-0.1, -0.05) is 25.7 Å². The monoisotopic (exact) mass is 182 g/mol. The van der Waals surface area contributed by atoms with Gasteiger partial charge in [0, 0.05) is 6.04 Å². The third-order valence-electron chi connectivity index (χ3n) is 3.47. The van der Waals surface area contributed by atoms with E-state index in [-0.39, 0.29) is 6.03 Å². The number of fused-ring (bicyclic) bond motifs is 1. The summed E-state index contributed by atoms with van der Waals surface area (Å²) in [6.45, 7) is 0. The molecule has 0 spiro atoms. The van der Waals surface area contributed by atoms with Crippen molar-refractivity contribution in [3.05, 3.63) is 0 Å². The molecule has 3 heteroatoms. The highest BCUT2D eigenvalue weighted by molar-refractivity contribution is 5.72. The molecule has 2 fully saturated rings. The van der Waals surface area contributed by atoms with Crippen molar-refractivity contribution in [2.24, 2.45) is 17.6 Å². The molecule has 2 aliphatic rings. The summed E-state index contributed by atoms with van der Waals surface area (Å²) in [7, 11) is 0. The van der Waals surface area contributed by atoms with Crippen LogP contribution in [-0.2, 0) is 0 Å². The van der Waals surface area contributed by atoms with Crippen LogP contribution in [0.1, 0.15) is 38.5 Å². The lowest BCUT2D eigenvalue weighted by Gasteiger charge is -2.04. The molecule has 2 amide bonds. The number of urea groups is 1. The smallest absolute Gasteiger partial charge is 0.312 e. The van der Waals surface area contributed by atoms with Gasteiger partial charge in [-0.2, -0.15) is 0 Å². The molecule has 0 aliphatic heterocycles. The van der Waals surface area contributed by atoms with E-state index in [1.807, 2.05) is 0 Å². The van der Waals surface area contributed by atoms with E-state index in [1.165, 1.54) is 38.5 Å². The molecule has 13 heavy (non-hydrogen) atoms. The van der Waals surface area contributed by atoms with Gasteiger partial charge in [0.1, 0.15) is 0 Å². The molecule has 74 valence electrons. The number of nitrogens with one attached hydrogen (secondary N) is 1. The van der Waals surface area contributed by atoms with E-state index in [2.05, 4.69) is 5.32 Å². The zero-order chi connectivity index (χ0) is 9.26. The summed E-state index contributed by atoms with van der Waals surface area (Å²) in [4.78, 5) is 10.7. The number of primary amides is 1. The van der Waals surface area contributed by atoms with E-state index in [0.717, 1.165) is 11.8 Å². The van der Waals surface area contributed by atoms with Crippen molar-refractivity contribution in [1.29, 1.82) is 0 Å². The topological polar surface area (TPSA) is 55.1 Å². The largest absolute Gasteiger partial charge is 0.352 e. The van der Waals surface area contributed by atoms with E-state index < -0.39 is 0 Å². The average molecular weight is 182 g/mol. The zero-order valence-corrected chi connectivity index (χ0v) is 7.96. The van der Waals surface area contributed by atoms with Gasteiger partial charge >= 0.3 is 6.03 Å². The van der Waals surface area contributed by atoms with Crippen molar-refractivity contribution >= 4 is 6.03 Å². The second-order valence-corrected chi connectivity index (χ2v) is 4.35. The van der Waals surface area contributed by atoms with E-state index in [1.54, 1.807) is 0 Å². The Balaban J connectivity index is 1.84. The van der Waals surface area contributed by atoms with E-state index >= 15 is 0 Å². The molecule has 1 unspecified atom stereocenters. The van der Waals surface area contributed by atoms with Crippen molar-refractivity contribution in [2.75, 3.05) is 0 Å². The summed E-state index contributed by atoms with van der Waals surface area (Å²) < 4.78 is 0. The van der Waals surface area contributed by atoms with Gasteiger partial charge in [-0.25, -0.2) is 4.79 Å². The number of carbonyl (C=O) groups excluding carboxylic acids is 1. The Bertz CT molecular complexity index is 191. The second-order valence-electron chi connectivity index (χ2n) is 4.35. The Morgan fingerprint density at radius 2 is 1.62 bits per heavy atom. The third kappa shape index (κ3) is 1.95. The molecule has 2 rings (SSSR count). The Hall–Kier alpha value is -0.730. The summed E-state index contributed by atoms with van der Waals surface area (Å²) in [6, 6.07) is 0.0624. The van der Waals surface area contributed by atoms with Gasteiger partial charge in [0.15, 0.2) is 0 Å². The molecule has 3 N–H and O–H groups in total. The Labute approximate surface area is 79.1 Å². The highest BCUT2D eigenvalue weighted by atomic mass is 16.2. The lowest BCUT2D eigenvalue weighted by Crippen LogP contribution is -2.32. The van der Waals surface area contributed by atoms with Crippen LogP contribution >= 0.6 is 0 Å². The van der Waals surface area contributed by atoms with Gasteiger partial charge < -0.3 is 11.1 Å². The van der Waals surface area contributed by atoms with Gasteiger partial charge in [-0.3, -0.25) is 0 Å². The van der Waals surface area contributed by atoms with Crippen molar-refractivity contribution < 1.29 is 4.79 Å². The summed E-state index contributed by atoms with van der Waals surface area (Å²) in [5.41, 5.74) is 5.12. The van der Waals surface area contributed by atoms with E-state index in [9.17, 15) is 4.79 Å². The molecule has 0 heterocycles. The predicted octanol–water partition coefficient (Wildman–Crippen LogP) is 1.62. The minimum Gasteiger partial charge on any atom is -0.352 e. The molecule has 2 saturated carbocycles. The number of nitrogens with two attached hydrogens (primary N) is 1. The molecule has 0 radical (unpaired) electrons. The maximum atomic E-state index is 10.7. The van der Waals surface area contributed by atoms with Crippen molar-refractivity contribution in [3.8, 4) is 0 Å². The summed E-state index contributed by atoms with van der Waals surface area (Å²) in [5.74, 6) is 1.49. The zero-order valence-electron chi connectivity index (χ0n) is 7.96. The van der Waals surface area contributed by atoms with Crippen LogP contribution in [0.25, 0.3) is 0 Å². The highest BCUT2D eigenvalue weighted by Crippen LogP contribution is 2.47. The summed E-state index contributed by atoms with van der Waals surface area (Å²) in [5, 5.41) is 2.85. The van der Waals surface area contributed by atoms with Gasteiger partial charge in [-0.05, 0) is 24.7 Å². The Morgan fingerprint density at radius 3 is 2.08 bits per heavy atom. The maximum Gasteiger partial charge on any atom is 0.312 e. The standard InChI is InChI=1S/C10H18N2O/c11-10(13)12-9-7-5-3-1-2-4-6-8(7)9/h7-9H,1-6H2,(H3,11,12,13)/t7-,8+,9?. The highest BCUT2D eigenvalue weighted by Gasteiger charge is 2.49. The third-order valence-corrected chi connectivity index (χ3v) is 3.47. The normalized spacial score (nSPS) is 38.3. The van der Waals surface area contributed by atoms with Gasteiger partial charge in [-0.15, -0.1) is 0 Å². The molecule has 0 bridgehead atoms. The van der Waals surface area contributed by atoms with Crippen LogP contribution in [0, 0.1) is 11.8 Å². The lowest BCUT2D eigenvalue weighted by atomic mass is 10.0. The molecule has 0 saturated heterocycles. The summed E-state index contributed by atoms with van der Waals surface area (Å²) in [6.07, 6.45) is 7.97. The summed E-state index contributed by atoms with van der Waals surface area (Å²) >= 11 is 0. The minimum atomic E-state index is -0.350. The van der Waals surface area contributed by atoms with Crippen LogP contribution in [-0.4, -0.2) is 12.1 Å². The molecule has 2 aliphatic carbocycles. The van der Waals surface area contributed by atoms with Crippen LogP contribution in [0.3, 0.4) is 0 Å². The second kappa shape index (κ2) is 3.56. The lowest BCUT2D eigenvalue weighted by molar-refractivity contribution is 0.247. The maximum absolute atomic E-state index is 10.7. The van der Waals surface area contributed by atoms with Crippen molar-refractivity contribution in [1.82, 2.24) is 5.32 Å². The SMILES string of the molecule is NC(=O)NC1[C@H]2CCCCCC[C@@H]12. The fourth-order valence-corrected chi connectivity index (χ4v) is 2.72. The van der Waals surface area contributed by atoms with Crippen LogP contribution in [0.5, 0.6) is 0 Å². The fourth-order valence-electron chi connectivity index (χ4n) is 2.72. The quantitative estimate of drug-likeness (QED) is 0.636. The molecular formula is C10H18N2O. The van der Waals surface area contributed by atoms with Crippen LogP contribution < -0.4 is 11.1 Å². The first-order chi connectivity index (χ1) is 6.29. The van der Waals surface area contributed by atoms with Crippen LogP contribution in [0.2, 0.25) is 0 Å². The van der Waals surface area contributed by atoms with Crippen molar-refractivity contribution in [2.45, 2.75) is 44.6 Å². The number of hydrogen-bond donors (Lipinski definition) is 2. The molecule has 3 atom stereocenters. The first-order valence-electron chi connectivity index (χ1n) is 5.35. The molecule has 0 aromatic heterocycles. The number of rotatable bonds is 1. The van der Waals surface area contributed by atoms with E-state index in [0.29, 0.717) is 6.04 Å². The number of hydrogen-bond acceptors (Lipinski definition) is 1. The number of carbonyl (C=O) groups is 1. The molecule has 0 aromatic rings. The fraction of sp³-hybridized carbons (Fsp3) is 0.900. The molecule has 3 nitrogen and oxygen atoms in total.